The number of benzene rings is 1. The van der Waals surface area contributed by atoms with Gasteiger partial charge in [0.25, 0.3) is 0 Å². The quantitative estimate of drug-likeness (QED) is 0.646. The first-order valence-corrected chi connectivity index (χ1v) is 3.43. The monoisotopic (exact) mass is 203 g/mol. The van der Waals surface area contributed by atoms with Crippen LogP contribution in [-0.4, -0.2) is 16.3 Å². The summed E-state index contributed by atoms with van der Waals surface area (Å²) in [6.45, 7) is 0. The summed E-state index contributed by atoms with van der Waals surface area (Å²) < 4.78 is 0. The number of carboxylic acid groups (broad SMARTS) is 1. The molecule has 0 saturated carbocycles. The van der Waals surface area contributed by atoms with Gasteiger partial charge in [0, 0.05) is 0 Å². The predicted octanol–water partition coefficient (Wildman–Crippen LogP) is 1.21. The van der Waals surface area contributed by atoms with Crippen molar-refractivity contribution in [2.24, 2.45) is 0 Å². The summed E-state index contributed by atoms with van der Waals surface area (Å²) in [5, 5.41) is 17.1. The van der Waals surface area contributed by atoms with Crippen LogP contribution in [0, 0.1) is 0 Å². The molecule has 0 aliphatic carbocycles. The average Bonchev–Trinajstić information content (AvgIpc) is 2.07. The van der Waals surface area contributed by atoms with Gasteiger partial charge in [-0.2, -0.15) is 5.48 Å². The molecule has 0 amide bonds. The Morgan fingerprint density at radius 3 is 2.23 bits per heavy atom. The highest BCUT2D eigenvalue weighted by atomic mass is 35.5. The lowest BCUT2D eigenvalue weighted by atomic mass is 10.1. The van der Waals surface area contributed by atoms with Crippen LogP contribution in [0.15, 0.2) is 30.3 Å². The third-order valence-corrected chi connectivity index (χ3v) is 1.51. The molecule has 72 valence electrons. The zero-order valence-electron chi connectivity index (χ0n) is 6.68. The van der Waals surface area contributed by atoms with Crippen LogP contribution in [0.4, 0.5) is 0 Å². The molecule has 0 saturated heterocycles. The summed E-state index contributed by atoms with van der Waals surface area (Å²) >= 11 is 0. The maximum absolute atomic E-state index is 10.5. The van der Waals surface area contributed by atoms with E-state index in [1.807, 2.05) is 0 Å². The first-order chi connectivity index (χ1) is 5.75. The first-order valence-electron chi connectivity index (χ1n) is 3.43. The Hall–Kier alpha value is -1.10. The van der Waals surface area contributed by atoms with E-state index >= 15 is 0 Å². The lowest BCUT2D eigenvalue weighted by Gasteiger charge is -2.08. The van der Waals surface area contributed by atoms with E-state index in [0.717, 1.165) is 0 Å². The number of halogens is 1. The van der Waals surface area contributed by atoms with E-state index in [4.69, 9.17) is 10.3 Å². The topological polar surface area (TPSA) is 69.6 Å². The fraction of sp³-hybridized carbons (Fsp3) is 0.125. The highest BCUT2D eigenvalue weighted by Gasteiger charge is 2.17. The summed E-state index contributed by atoms with van der Waals surface area (Å²) in [5.74, 6) is -1.11. The molecule has 13 heavy (non-hydrogen) atoms. The van der Waals surface area contributed by atoms with Gasteiger partial charge in [0.05, 0.1) is 0 Å². The second-order valence-corrected chi connectivity index (χ2v) is 2.31. The van der Waals surface area contributed by atoms with E-state index in [0.29, 0.717) is 5.56 Å². The number of carboxylic acids is 1. The van der Waals surface area contributed by atoms with Gasteiger partial charge in [-0.3, -0.25) is 4.79 Å². The van der Waals surface area contributed by atoms with Gasteiger partial charge < -0.3 is 10.3 Å². The Morgan fingerprint density at radius 1 is 1.31 bits per heavy atom. The van der Waals surface area contributed by atoms with Gasteiger partial charge in [-0.25, -0.2) is 0 Å². The largest absolute Gasteiger partial charge is 0.480 e. The molecule has 0 aliphatic rings. The van der Waals surface area contributed by atoms with Crippen LogP contribution in [-0.2, 0) is 4.79 Å². The molecule has 0 heterocycles. The standard InChI is InChI=1S/C8H9NO3.ClH/c10-8(11)7(9-12)6-4-2-1-3-5-6;/h1-5,7,9,12H,(H,10,11);1H. The van der Waals surface area contributed by atoms with Crippen molar-refractivity contribution in [3.05, 3.63) is 35.9 Å². The molecule has 0 aliphatic heterocycles. The molecule has 3 N–H and O–H groups in total. The lowest BCUT2D eigenvalue weighted by Crippen LogP contribution is -2.25. The normalized spacial score (nSPS) is 11.5. The molecule has 1 aromatic carbocycles. The van der Waals surface area contributed by atoms with Gasteiger partial charge in [0.2, 0.25) is 0 Å². The molecule has 0 spiro atoms. The predicted molar refractivity (Wildman–Crippen MR) is 49.0 cm³/mol. The number of rotatable bonds is 3. The number of hydrogen-bond acceptors (Lipinski definition) is 3. The van der Waals surface area contributed by atoms with Crippen LogP contribution in [0.25, 0.3) is 0 Å². The van der Waals surface area contributed by atoms with E-state index in [2.05, 4.69) is 0 Å². The van der Waals surface area contributed by atoms with Gasteiger partial charge in [-0.1, -0.05) is 30.3 Å². The smallest absolute Gasteiger partial charge is 0.327 e. The van der Waals surface area contributed by atoms with Crippen LogP contribution < -0.4 is 5.48 Å². The molecule has 5 heteroatoms. The Labute approximate surface area is 81.6 Å². The Morgan fingerprint density at radius 2 is 1.85 bits per heavy atom. The third-order valence-electron chi connectivity index (χ3n) is 1.51. The van der Waals surface area contributed by atoms with Crippen LogP contribution in [0.5, 0.6) is 0 Å². The van der Waals surface area contributed by atoms with Crippen molar-refractivity contribution in [1.29, 1.82) is 0 Å². The fourth-order valence-corrected chi connectivity index (χ4v) is 0.918. The van der Waals surface area contributed by atoms with Crippen molar-refractivity contribution < 1.29 is 15.1 Å². The van der Waals surface area contributed by atoms with Gasteiger partial charge in [0.15, 0.2) is 6.04 Å². The van der Waals surface area contributed by atoms with Crippen LogP contribution >= 0.6 is 12.4 Å². The van der Waals surface area contributed by atoms with Gasteiger partial charge in [0.1, 0.15) is 0 Å². The van der Waals surface area contributed by atoms with Crippen molar-refractivity contribution in [1.82, 2.24) is 5.48 Å². The molecule has 1 atom stereocenters. The summed E-state index contributed by atoms with van der Waals surface area (Å²) in [5.41, 5.74) is 2.24. The Bertz CT molecular complexity index is 265. The number of carbonyl (C=O) groups is 1. The van der Waals surface area contributed by atoms with E-state index in [-0.39, 0.29) is 12.4 Å². The first kappa shape index (κ1) is 11.9. The molecular weight excluding hydrogens is 194 g/mol. The molecule has 4 nitrogen and oxygen atoms in total. The SMILES string of the molecule is Cl.O=C(O)C(NO)c1ccccc1. The second-order valence-electron chi connectivity index (χ2n) is 2.31. The van der Waals surface area contributed by atoms with Crippen molar-refractivity contribution in [2.75, 3.05) is 0 Å². The molecule has 0 fully saturated rings. The molecule has 0 radical (unpaired) electrons. The summed E-state index contributed by atoms with van der Waals surface area (Å²) in [6, 6.07) is 7.40. The number of hydroxylamine groups is 1. The zero-order chi connectivity index (χ0) is 8.97. The van der Waals surface area contributed by atoms with Crippen LogP contribution in [0.1, 0.15) is 11.6 Å². The summed E-state index contributed by atoms with van der Waals surface area (Å²) in [6.07, 6.45) is 0. The molecular formula is C8H10ClNO3. The minimum atomic E-state index is -1.11. The molecule has 1 rings (SSSR count). The van der Waals surface area contributed by atoms with Crippen molar-refractivity contribution in [3.8, 4) is 0 Å². The van der Waals surface area contributed by atoms with Crippen molar-refractivity contribution >= 4 is 18.4 Å². The fourth-order valence-electron chi connectivity index (χ4n) is 0.918. The highest BCUT2D eigenvalue weighted by molar-refractivity contribution is 5.85. The van der Waals surface area contributed by atoms with Crippen molar-refractivity contribution in [2.45, 2.75) is 6.04 Å². The van der Waals surface area contributed by atoms with Crippen molar-refractivity contribution in [3.63, 3.8) is 0 Å². The number of nitrogens with one attached hydrogen (secondary N) is 1. The summed E-state index contributed by atoms with van der Waals surface area (Å²) in [7, 11) is 0. The van der Waals surface area contributed by atoms with E-state index in [9.17, 15) is 4.79 Å². The maximum atomic E-state index is 10.5. The van der Waals surface area contributed by atoms with Crippen LogP contribution in [0.3, 0.4) is 0 Å². The second kappa shape index (κ2) is 5.53. The minimum absolute atomic E-state index is 0. The van der Waals surface area contributed by atoms with E-state index in [1.54, 1.807) is 35.8 Å². The zero-order valence-corrected chi connectivity index (χ0v) is 7.49. The van der Waals surface area contributed by atoms with Gasteiger partial charge >= 0.3 is 5.97 Å². The number of hydrogen-bond donors (Lipinski definition) is 3. The highest BCUT2D eigenvalue weighted by Crippen LogP contribution is 2.10. The molecule has 0 bridgehead atoms. The van der Waals surface area contributed by atoms with E-state index < -0.39 is 12.0 Å². The molecule has 1 aromatic rings. The van der Waals surface area contributed by atoms with E-state index in [1.165, 1.54) is 0 Å². The number of aliphatic carboxylic acids is 1. The third kappa shape index (κ3) is 3.02. The maximum Gasteiger partial charge on any atom is 0.327 e. The minimum Gasteiger partial charge on any atom is -0.480 e. The molecule has 1 unspecified atom stereocenters. The summed E-state index contributed by atoms with van der Waals surface area (Å²) in [4.78, 5) is 10.5. The van der Waals surface area contributed by atoms with Gasteiger partial charge in [-0.15, -0.1) is 12.4 Å². The molecule has 0 aromatic heterocycles. The Balaban J connectivity index is 0.00000144. The van der Waals surface area contributed by atoms with Crippen LogP contribution in [0.2, 0.25) is 0 Å². The Kier molecular flexibility index (Phi) is 5.06. The average molecular weight is 204 g/mol. The lowest BCUT2D eigenvalue weighted by molar-refractivity contribution is -0.142. The van der Waals surface area contributed by atoms with Gasteiger partial charge in [-0.05, 0) is 5.56 Å².